The molecule has 340 valence electrons. The van der Waals surface area contributed by atoms with Crippen molar-refractivity contribution in [1.29, 1.82) is 0 Å². The number of unbranched alkanes of at least 4 members (excludes halogenated alkanes) is 2. The Bertz CT molecular complexity index is 1660. The zero-order valence-electron chi connectivity index (χ0n) is 36.7. The van der Waals surface area contributed by atoms with Crippen LogP contribution in [0, 0.1) is 5.92 Å². The van der Waals surface area contributed by atoms with Crippen molar-refractivity contribution in [2.45, 2.75) is 184 Å². The molecule has 4 saturated heterocycles. The fourth-order valence-corrected chi connectivity index (χ4v) is 9.50. The molecule has 1 saturated carbocycles. The fourth-order valence-electron chi connectivity index (χ4n) is 8.87. The number of esters is 1. The Labute approximate surface area is 364 Å². The van der Waals surface area contributed by atoms with E-state index < -0.39 is 36.0 Å². The molecule has 15 nitrogen and oxygen atoms in total. The third kappa shape index (κ3) is 14.5. The predicted molar refractivity (Wildman–Crippen MR) is 230 cm³/mol. The lowest BCUT2D eigenvalue weighted by molar-refractivity contribution is -0.146. The number of aliphatic hydroxyl groups is 1. The van der Waals surface area contributed by atoms with Crippen LogP contribution in [-0.4, -0.2) is 131 Å². The monoisotopic (exact) mass is 872 g/mol. The number of imide groups is 1. The largest absolute Gasteiger partial charge is 0.459 e. The third-order valence-corrected chi connectivity index (χ3v) is 13.5. The van der Waals surface area contributed by atoms with Gasteiger partial charge in [0.05, 0.1) is 42.6 Å². The molecule has 1 spiro atoms. The average Bonchev–Trinajstić information content (AvgIpc) is 3.92. The summed E-state index contributed by atoms with van der Waals surface area (Å²) in [4.78, 5) is 75.2. The molecule has 5 rings (SSSR count). The molecule has 1 unspecified atom stereocenters. The second-order valence-electron chi connectivity index (χ2n) is 17.7. The molecule has 16 heteroatoms. The topological polar surface area (TPSA) is 202 Å². The number of ether oxygens (including phenoxy) is 4. The number of thioether (sulfide) groups is 1. The van der Waals surface area contributed by atoms with E-state index >= 15 is 0 Å². The van der Waals surface area contributed by atoms with Crippen molar-refractivity contribution >= 4 is 47.3 Å². The molecule has 5 aliphatic rings. The smallest absolute Gasteiger partial charge is 0.303 e. The van der Waals surface area contributed by atoms with Crippen molar-refractivity contribution in [2.24, 2.45) is 5.92 Å². The van der Waals surface area contributed by atoms with Gasteiger partial charge < -0.3 is 40.0 Å². The van der Waals surface area contributed by atoms with Gasteiger partial charge in [-0.15, -0.1) is 0 Å². The number of amides is 5. The van der Waals surface area contributed by atoms with Crippen LogP contribution in [0.2, 0.25) is 0 Å². The van der Waals surface area contributed by atoms with Crippen LogP contribution in [0.25, 0.3) is 0 Å². The maximum absolute atomic E-state index is 13.2. The number of likely N-dealkylation sites (tertiary alicyclic amines) is 1. The van der Waals surface area contributed by atoms with Crippen molar-refractivity contribution in [3.63, 3.8) is 0 Å². The molecule has 0 aromatic heterocycles. The van der Waals surface area contributed by atoms with Gasteiger partial charge in [0.15, 0.2) is 0 Å². The SMILES string of the molecule is CSC1CC(=O)N(CCCCCC(=O)N[C@H]2CC[C@H](NC(=O)C[C@@H]3C[C@@]4(CO4)[C@H](O)[C@@H](/C=C/C(C)=C/C[C@@H]4O[C@H](C)[C@H](NC(=O)/C=C\[C@H](C)OC(C)=O)C[C@@H]4C)O3)CC2)C1=O. The Hall–Kier alpha value is -3.57. The van der Waals surface area contributed by atoms with E-state index in [9.17, 15) is 33.9 Å². The molecule has 0 aromatic rings. The number of allylic oxidation sites excluding steroid dienone is 2. The van der Waals surface area contributed by atoms with Gasteiger partial charge in [0.2, 0.25) is 29.5 Å². The van der Waals surface area contributed by atoms with Gasteiger partial charge in [-0.05, 0) is 90.4 Å². The van der Waals surface area contributed by atoms with Gasteiger partial charge in [-0.1, -0.05) is 37.1 Å². The number of nitrogens with zero attached hydrogens (tertiary/aromatic N) is 1. The number of epoxide rings is 1. The number of hydrogen-bond donors (Lipinski definition) is 4. The number of aliphatic hydroxyl groups excluding tert-OH is 1. The summed E-state index contributed by atoms with van der Waals surface area (Å²) in [6, 6.07) is -0.0701. The van der Waals surface area contributed by atoms with Gasteiger partial charge in [0.25, 0.3) is 0 Å². The highest BCUT2D eigenvalue weighted by Crippen LogP contribution is 2.43. The van der Waals surface area contributed by atoms with Crippen molar-refractivity contribution < 1.29 is 52.8 Å². The van der Waals surface area contributed by atoms with Crippen LogP contribution in [0.1, 0.15) is 118 Å². The van der Waals surface area contributed by atoms with E-state index in [1.54, 1.807) is 13.0 Å². The second-order valence-corrected chi connectivity index (χ2v) is 18.7. The van der Waals surface area contributed by atoms with Crippen LogP contribution in [-0.2, 0) is 47.7 Å². The number of hydrogen-bond acceptors (Lipinski definition) is 12. The highest BCUT2D eigenvalue weighted by Gasteiger charge is 2.58. The van der Waals surface area contributed by atoms with Crippen LogP contribution >= 0.6 is 11.8 Å². The molecule has 10 atom stereocenters. The molecule has 1 aliphatic carbocycles. The molecule has 0 bridgehead atoms. The van der Waals surface area contributed by atoms with E-state index in [1.807, 2.05) is 32.3 Å². The zero-order chi connectivity index (χ0) is 44.3. The Balaban J connectivity index is 0.983. The Morgan fingerprint density at radius 2 is 1.67 bits per heavy atom. The van der Waals surface area contributed by atoms with E-state index in [0.717, 1.165) is 44.1 Å². The lowest BCUT2D eigenvalue weighted by Gasteiger charge is -2.39. The van der Waals surface area contributed by atoms with Gasteiger partial charge in [0.1, 0.15) is 23.9 Å². The molecule has 61 heavy (non-hydrogen) atoms. The standard InChI is InChI=1S/C45H68N4O11S/c1-27(11-18-36-28(2)22-35(30(4)59-36)48-40(52)20-13-29(3)58-31(5)50)12-19-37-43(55)45(26-57-45)25-34(60-37)23-41(53)47-33-16-14-32(15-17-33)46-39(51)10-8-7-9-21-49-42(54)24-38(61-6)44(49)56/h11-13,19-20,28-30,32-38,43,55H,7-10,14-18,21-26H2,1-6H3,(H,46,51)(H,47,53)(H,48,52)/b19-12+,20-13-,27-11+/t28-,29-,30+,32-,33-,34+,35+,36-,37+,38?,43+,45+/m0/s1. The fraction of sp³-hybridized carbons (Fsp3) is 0.733. The molecule has 4 N–H and O–H groups in total. The number of carbonyl (C=O) groups excluding carboxylic acids is 6. The van der Waals surface area contributed by atoms with E-state index in [2.05, 4.69) is 29.0 Å². The minimum atomic E-state index is -0.852. The quantitative estimate of drug-likeness (QED) is 0.0364. The highest BCUT2D eigenvalue weighted by molar-refractivity contribution is 8.00. The molecule has 4 heterocycles. The third-order valence-electron chi connectivity index (χ3n) is 12.6. The van der Waals surface area contributed by atoms with E-state index in [-0.39, 0.29) is 83.9 Å². The summed E-state index contributed by atoms with van der Waals surface area (Å²) < 4.78 is 23.4. The van der Waals surface area contributed by atoms with E-state index in [4.69, 9.17) is 18.9 Å². The summed E-state index contributed by atoms with van der Waals surface area (Å²) in [5, 5.41) is 20.2. The van der Waals surface area contributed by atoms with Gasteiger partial charge in [-0.25, -0.2) is 0 Å². The molecule has 5 fully saturated rings. The van der Waals surface area contributed by atoms with Crippen LogP contribution in [0.3, 0.4) is 0 Å². The first-order chi connectivity index (χ1) is 29.0. The molecule has 4 aliphatic heterocycles. The lowest BCUT2D eigenvalue weighted by Crippen LogP contribution is -2.51. The van der Waals surface area contributed by atoms with Crippen LogP contribution in [0.4, 0.5) is 0 Å². The zero-order valence-corrected chi connectivity index (χ0v) is 37.5. The number of carbonyl (C=O) groups is 6. The van der Waals surface area contributed by atoms with Crippen molar-refractivity contribution in [2.75, 3.05) is 19.4 Å². The number of rotatable bonds is 19. The first kappa shape index (κ1) is 48.5. The average molecular weight is 873 g/mol. The molecule has 0 radical (unpaired) electrons. The molecule has 5 amide bonds. The molecular weight excluding hydrogens is 805 g/mol. The predicted octanol–water partition coefficient (Wildman–Crippen LogP) is 3.96. The van der Waals surface area contributed by atoms with Crippen LogP contribution in [0.5, 0.6) is 0 Å². The number of nitrogens with one attached hydrogen (secondary N) is 3. The minimum Gasteiger partial charge on any atom is -0.459 e. The first-order valence-electron chi connectivity index (χ1n) is 22.1. The van der Waals surface area contributed by atoms with Gasteiger partial charge in [-0.3, -0.25) is 33.7 Å². The highest BCUT2D eigenvalue weighted by atomic mass is 32.2. The Kier molecular flexibility index (Phi) is 18.0. The minimum absolute atomic E-state index is 0.00488. The lowest BCUT2D eigenvalue weighted by atomic mass is 9.87. The Morgan fingerprint density at radius 3 is 2.31 bits per heavy atom. The van der Waals surface area contributed by atoms with Crippen LogP contribution in [0.15, 0.2) is 36.0 Å². The summed E-state index contributed by atoms with van der Waals surface area (Å²) in [7, 11) is 0. The van der Waals surface area contributed by atoms with Crippen molar-refractivity contribution in [1.82, 2.24) is 20.9 Å². The van der Waals surface area contributed by atoms with Gasteiger partial charge in [-0.2, -0.15) is 11.8 Å². The summed E-state index contributed by atoms with van der Waals surface area (Å²) in [5.41, 5.74) is 0.272. The molecule has 0 aromatic carbocycles. The summed E-state index contributed by atoms with van der Waals surface area (Å²) >= 11 is 1.41. The van der Waals surface area contributed by atoms with Crippen LogP contribution < -0.4 is 16.0 Å². The first-order valence-corrected chi connectivity index (χ1v) is 23.4. The summed E-state index contributed by atoms with van der Waals surface area (Å²) in [6.07, 6.45) is 15.9. The van der Waals surface area contributed by atoms with Gasteiger partial charge >= 0.3 is 5.97 Å². The molecular formula is C45H68N4O11S. The van der Waals surface area contributed by atoms with E-state index in [1.165, 1.54) is 29.7 Å². The van der Waals surface area contributed by atoms with E-state index in [0.29, 0.717) is 45.3 Å². The van der Waals surface area contributed by atoms with Gasteiger partial charge in [0, 0.05) is 50.9 Å². The maximum Gasteiger partial charge on any atom is 0.303 e. The maximum atomic E-state index is 13.2. The summed E-state index contributed by atoms with van der Waals surface area (Å²) in [5.74, 6) is -0.788. The second kappa shape index (κ2) is 22.7. The van der Waals surface area contributed by atoms with Crippen molar-refractivity contribution in [3.05, 3.63) is 36.0 Å². The summed E-state index contributed by atoms with van der Waals surface area (Å²) in [6.45, 7) is 9.89. The van der Waals surface area contributed by atoms with Crippen molar-refractivity contribution in [3.8, 4) is 0 Å². The normalized spacial score (nSPS) is 33.6. The Morgan fingerprint density at radius 1 is 0.984 bits per heavy atom.